The summed E-state index contributed by atoms with van der Waals surface area (Å²) in [4.78, 5) is 20.9. The van der Waals surface area contributed by atoms with Gasteiger partial charge in [-0.05, 0) is 53.6 Å². The van der Waals surface area contributed by atoms with E-state index >= 15 is 0 Å². The molecule has 0 aliphatic carbocycles. The van der Waals surface area contributed by atoms with Crippen LogP contribution in [0.1, 0.15) is 29.7 Å². The number of rotatable bonds is 6. The van der Waals surface area contributed by atoms with Gasteiger partial charge < -0.3 is 10.1 Å². The minimum atomic E-state index is -0.622. The Hall–Kier alpha value is -3.85. The van der Waals surface area contributed by atoms with Crippen LogP contribution in [0.25, 0.3) is 16.8 Å². The molecule has 4 rings (SSSR count). The van der Waals surface area contributed by atoms with Crippen molar-refractivity contribution in [3.05, 3.63) is 76.6 Å². The highest BCUT2D eigenvalue weighted by atomic mass is 35.5. The van der Waals surface area contributed by atoms with Crippen molar-refractivity contribution in [3.8, 4) is 22.6 Å². The van der Waals surface area contributed by atoms with Crippen molar-refractivity contribution in [2.75, 3.05) is 0 Å². The standard InChI is InChI=1S/C23H22ClN7O2/c1-4-22-28-29-30-31(22)18-8-16(20-6-5-14(2)7-21(20)24)9-19(10-18)33-23(32)27-13-17-12-25-15(3)11-26-17/h5-12H,4,13H2,1-3H3,(H,27,32). The van der Waals surface area contributed by atoms with E-state index in [1.807, 2.05) is 45.0 Å². The molecule has 0 bridgehead atoms. The first kappa shape index (κ1) is 22.3. The number of carbonyl (C=O) groups excluding carboxylic acids is 1. The van der Waals surface area contributed by atoms with Gasteiger partial charge in [0.1, 0.15) is 5.75 Å². The minimum Gasteiger partial charge on any atom is -0.410 e. The molecule has 33 heavy (non-hydrogen) atoms. The van der Waals surface area contributed by atoms with Crippen LogP contribution in [0.2, 0.25) is 5.02 Å². The molecule has 0 unspecified atom stereocenters. The quantitative estimate of drug-likeness (QED) is 0.455. The lowest BCUT2D eigenvalue weighted by molar-refractivity contribution is 0.200. The Labute approximate surface area is 195 Å². The lowest BCUT2D eigenvalue weighted by Gasteiger charge is -2.13. The third-order valence-electron chi connectivity index (χ3n) is 4.88. The fraction of sp³-hybridized carbons (Fsp3) is 0.217. The molecule has 1 N–H and O–H groups in total. The van der Waals surface area contributed by atoms with Gasteiger partial charge in [-0.3, -0.25) is 9.97 Å². The number of amides is 1. The Morgan fingerprint density at radius 1 is 1.12 bits per heavy atom. The number of nitrogens with one attached hydrogen (secondary N) is 1. The maximum atomic E-state index is 12.5. The molecule has 1 amide bonds. The molecule has 10 heteroatoms. The first-order valence-corrected chi connectivity index (χ1v) is 10.7. The third kappa shape index (κ3) is 5.32. The second-order valence-corrected chi connectivity index (χ2v) is 7.86. The zero-order valence-electron chi connectivity index (χ0n) is 18.4. The molecular weight excluding hydrogens is 442 g/mol. The van der Waals surface area contributed by atoms with Gasteiger partial charge in [-0.15, -0.1) is 5.10 Å². The van der Waals surface area contributed by atoms with Crippen LogP contribution in [0.5, 0.6) is 5.75 Å². The van der Waals surface area contributed by atoms with Crippen molar-refractivity contribution in [1.82, 2.24) is 35.5 Å². The molecule has 2 heterocycles. The summed E-state index contributed by atoms with van der Waals surface area (Å²) in [7, 11) is 0. The zero-order valence-corrected chi connectivity index (χ0v) is 19.2. The summed E-state index contributed by atoms with van der Waals surface area (Å²) in [6, 6.07) is 11.1. The van der Waals surface area contributed by atoms with Gasteiger partial charge in [0.2, 0.25) is 0 Å². The van der Waals surface area contributed by atoms with E-state index in [-0.39, 0.29) is 6.54 Å². The summed E-state index contributed by atoms with van der Waals surface area (Å²) in [5.41, 5.74) is 4.69. The number of aryl methyl sites for hydroxylation is 3. The van der Waals surface area contributed by atoms with Crippen LogP contribution in [0, 0.1) is 13.8 Å². The van der Waals surface area contributed by atoms with E-state index in [0.29, 0.717) is 34.4 Å². The van der Waals surface area contributed by atoms with Gasteiger partial charge in [-0.2, -0.15) is 4.68 Å². The van der Waals surface area contributed by atoms with E-state index in [1.54, 1.807) is 29.2 Å². The van der Waals surface area contributed by atoms with Crippen molar-refractivity contribution in [2.45, 2.75) is 33.7 Å². The van der Waals surface area contributed by atoms with E-state index < -0.39 is 6.09 Å². The zero-order chi connectivity index (χ0) is 23.4. The van der Waals surface area contributed by atoms with Gasteiger partial charge in [0.05, 0.1) is 29.8 Å². The maximum Gasteiger partial charge on any atom is 0.412 e. The van der Waals surface area contributed by atoms with Crippen molar-refractivity contribution >= 4 is 17.7 Å². The number of hydrogen-bond donors (Lipinski definition) is 1. The molecule has 0 spiro atoms. The molecule has 168 valence electrons. The molecule has 0 fully saturated rings. The molecule has 9 nitrogen and oxygen atoms in total. The lowest BCUT2D eigenvalue weighted by atomic mass is 10.0. The molecule has 0 radical (unpaired) electrons. The smallest absolute Gasteiger partial charge is 0.410 e. The SMILES string of the molecule is CCc1nnnn1-c1cc(OC(=O)NCc2cnc(C)cn2)cc(-c2ccc(C)cc2Cl)c1. The summed E-state index contributed by atoms with van der Waals surface area (Å²) in [5, 5.41) is 15.2. The topological polar surface area (TPSA) is 108 Å². The predicted molar refractivity (Wildman–Crippen MR) is 123 cm³/mol. The highest BCUT2D eigenvalue weighted by Crippen LogP contribution is 2.33. The number of carbonyl (C=O) groups is 1. The number of nitrogens with zero attached hydrogens (tertiary/aromatic N) is 6. The van der Waals surface area contributed by atoms with Gasteiger partial charge in [0.15, 0.2) is 5.82 Å². The van der Waals surface area contributed by atoms with Crippen LogP contribution in [0.4, 0.5) is 4.79 Å². The third-order valence-corrected chi connectivity index (χ3v) is 5.19. The van der Waals surface area contributed by atoms with Crippen LogP contribution < -0.4 is 10.1 Å². The number of ether oxygens (including phenoxy) is 1. The highest BCUT2D eigenvalue weighted by Gasteiger charge is 2.14. The number of aromatic nitrogens is 6. The van der Waals surface area contributed by atoms with Gasteiger partial charge in [-0.25, -0.2) is 4.79 Å². The van der Waals surface area contributed by atoms with E-state index in [0.717, 1.165) is 22.4 Å². The summed E-state index contributed by atoms with van der Waals surface area (Å²) in [6.07, 6.45) is 3.26. The van der Waals surface area contributed by atoms with E-state index in [9.17, 15) is 4.79 Å². The lowest BCUT2D eigenvalue weighted by Crippen LogP contribution is -2.26. The Morgan fingerprint density at radius 2 is 1.97 bits per heavy atom. The summed E-state index contributed by atoms with van der Waals surface area (Å²) in [5.74, 6) is 1.000. The minimum absolute atomic E-state index is 0.190. The number of hydrogen-bond acceptors (Lipinski definition) is 7. The van der Waals surface area contributed by atoms with Gasteiger partial charge >= 0.3 is 6.09 Å². The Bertz CT molecular complexity index is 1290. The fourth-order valence-corrected chi connectivity index (χ4v) is 3.56. The van der Waals surface area contributed by atoms with Crippen molar-refractivity contribution < 1.29 is 9.53 Å². The first-order chi connectivity index (χ1) is 15.9. The molecule has 0 atom stereocenters. The first-order valence-electron chi connectivity index (χ1n) is 10.4. The molecule has 0 aliphatic heterocycles. The maximum absolute atomic E-state index is 12.5. The van der Waals surface area contributed by atoms with Crippen molar-refractivity contribution in [3.63, 3.8) is 0 Å². The van der Waals surface area contributed by atoms with Crippen LogP contribution in [0.15, 0.2) is 48.8 Å². The average Bonchev–Trinajstić information content (AvgIpc) is 3.27. The van der Waals surface area contributed by atoms with E-state index in [1.165, 1.54) is 0 Å². The molecule has 2 aromatic heterocycles. The molecule has 0 saturated heterocycles. The highest BCUT2D eigenvalue weighted by molar-refractivity contribution is 6.33. The molecular formula is C23H22ClN7O2. The van der Waals surface area contributed by atoms with E-state index in [2.05, 4.69) is 30.8 Å². The van der Waals surface area contributed by atoms with Gasteiger partial charge in [-0.1, -0.05) is 30.7 Å². The summed E-state index contributed by atoms with van der Waals surface area (Å²) in [6.45, 7) is 5.97. The van der Waals surface area contributed by atoms with Crippen LogP contribution in [0.3, 0.4) is 0 Å². The number of tetrazole rings is 1. The van der Waals surface area contributed by atoms with Crippen LogP contribution >= 0.6 is 11.6 Å². The molecule has 0 saturated carbocycles. The Balaban J connectivity index is 1.64. The van der Waals surface area contributed by atoms with Crippen LogP contribution in [-0.4, -0.2) is 36.3 Å². The summed E-state index contributed by atoms with van der Waals surface area (Å²) < 4.78 is 7.18. The Morgan fingerprint density at radius 3 is 2.70 bits per heavy atom. The number of halogens is 1. The van der Waals surface area contributed by atoms with Crippen molar-refractivity contribution in [1.29, 1.82) is 0 Å². The second kappa shape index (κ2) is 9.74. The van der Waals surface area contributed by atoms with Crippen LogP contribution in [-0.2, 0) is 13.0 Å². The molecule has 2 aromatic carbocycles. The normalized spacial score (nSPS) is 10.8. The average molecular weight is 464 g/mol. The van der Waals surface area contributed by atoms with Gasteiger partial charge in [0.25, 0.3) is 0 Å². The second-order valence-electron chi connectivity index (χ2n) is 7.45. The molecule has 0 aliphatic rings. The van der Waals surface area contributed by atoms with E-state index in [4.69, 9.17) is 16.3 Å². The monoisotopic (exact) mass is 463 g/mol. The predicted octanol–water partition coefficient (Wildman–Crippen LogP) is 4.24. The number of benzene rings is 2. The summed E-state index contributed by atoms with van der Waals surface area (Å²) >= 11 is 6.51. The Kier molecular flexibility index (Phi) is 6.60. The fourth-order valence-electron chi connectivity index (χ4n) is 3.22. The molecule has 4 aromatic rings. The van der Waals surface area contributed by atoms with Gasteiger partial charge in [0, 0.05) is 29.3 Å². The van der Waals surface area contributed by atoms with Crippen molar-refractivity contribution in [2.24, 2.45) is 0 Å². The largest absolute Gasteiger partial charge is 0.412 e.